The van der Waals surface area contributed by atoms with Crippen LogP contribution < -0.4 is 4.74 Å². The van der Waals surface area contributed by atoms with Crippen LogP contribution in [0.4, 0.5) is 0 Å². The third-order valence-corrected chi connectivity index (χ3v) is 5.97. The molecular formula is C17H25BrN2O2Si. The summed E-state index contributed by atoms with van der Waals surface area (Å²) in [5, 5.41) is 5.55. The van der Waals surface area contributed by atoms with E-state index in [9.17, 15) is 0 Å². The predicted molar refractivity (Wildman–Crippen MR) is 102 cm³/mol. The summed E-state index contributed by atoms with van der Waals surface area (Å²) in [6.45, 7) is 14.5. The fourth-order valence-electron chi connectivity index (χ4n) is 2.26. The maximum Gasteiger partial charge on any atom is 0.140 e. The number of benzene rings is 1. The lowest BCUT2D eigenvalue weighted by Gasteiger charge is -2.15. The number of ether oxygens (including phenoxy) is 2. The zero-order chi connectivity index (χ0) is 17.0. The molecule has 1 heterocycles. The smallest absolute Gasteiger partial charge is 0.140 e. The minimum Gasteiger partial charge on any atom is -0.489 e. The molecule has 0 N–H and O–H groups in total. The lowest BCUT2D eigenvalue weighted by atomic mass is 10.1. The second kappa shape index (κ2) is 7.64. The maximum absolute atomic E-state index is 5.82. The molecule has 0 spiro atoms. The van der Waals surface area contributed by atoms with Gasteiger partial charge in [-0.05, 0) is 35.0 Å². The first-order valence-electron chi connectivity index (χ1n) is 7.79. The Morgan fingerprint density at radius 3 is 2.78 bits per heavy atom. The van der Waals surface area contributed by atoms with Gasteiger partial charge in [0, 0.05) is 30.1 Å². The van der Waals surface area contributed by atoms with E-state index in [4.69, 9.17) is 9.47 Å². The molecule has 126 valence electrons. The summed E-state index contributed by atoms with van der Waals surface area (Å²) in [4.78, 5) is 0. The molecule has 0 aliphatic heterocycles. The Morgan fingerprint density at radius 2 is 2.13 bits per heavy atom. The number of aromatic nitrogens is 2. The number of halogens is 1. The van der Waals surface area contributed by atoms with E-state index in [1.807, 2.05) is 23.9 Å². The third-order valence-electron chi connectivity index (χ3n) is 3.66. The maximum atomic E-state index is 5.82. The van der Waals surface area contributed by atoms with Crippen molar-refractivity contribution in [2.75, 3.05) is 13.2 Å². The number of hydrogen-bond acceptors (Lipinski definition) is 3. The molecule has 0 bridgehead atoms. The van der Waals surface area contributed by atoms with Crippen LogP contribution in [-0.4, -0.2) is 31.1 Å². The van der Waals surface area contributed by atoms with Crippen molar-refractivity contribution in [3.8, 4) is 5.75 Å². The summed E-state index contributed by atoms with van der Waals surface area (Å²) < 4.78 is 14.4. The highest BCUT2D eigenvalue weighted by Gasteiger charge is 2.15. The van der Waals surface area contributed by atoms with Crippen molar-refractivity contribution in [3.63, 3.8) is 0 Å². The Hall–Kier alpha value is -1.11. The van der Waals surface area contributed by atoms with Gasteiger partial charge < -0.3 is 9.47 Å². The zero-order valence-electron chi connectivity index (χ0n) is 14.4. The summed E-state index contributed by atoms with van der Waals surface area (Å²) in [5.41, 5.74) is 2.12. The van der Waals surface area contributed by atoms with E-state index in [0.29, 0.717) is 13.3 Å². The van der Waals surface area contributed by atoms with E-state index in [1.54, 1.807) is 6.08 Å². The molecule has 0 amide bonds. The molecule has 0 aliphatic rings. The number of fused-ring (bicyclic) bond motifs is 1. The molecule has 0 aliphatic carbocycles. The van der Waals surface area contributed by atoms with Crippen LogP contribution in [0.5, 0.6) is 5.75 Å². The Balaban J connectivity index is 2.17. The van der Waals surface area contributed by atoms with Crippen molar-refractivity contribution >= 4 is 34.9 Å². The first kappa shape index (κ1) is 18.2. The van der Waals surface area contributed by atoms with Gasteiger partial charge in [0.1, 0.15) is 19.1 Å². The minimum atomic E-state index is -1.06. The zero-order valence-corrected chi connectivity index (χ0v) is 16.9. The molecule has 0 unspecified atom stereocenters. The highest BCUT2D eigenvalue weighted by Crippen LogP contribution is 2.34. The van der Waals surface area contributed by atoms with Crippen molar-refractivity contribution in [3.05, 3.63) is 35.0 Å². The minimum absolute atomic E-state index is 0.471. The normalized spacial score (nSPS) is 11.9. The molecule has 1 aromatic heterocycles. The summed E-state index contributed by atoms with van der Waals surface area (Å²) in [7, 11) is -1.06. The third kappa shape index (κ3) is 4.68. The number of nitrogens with zero attached hydrogens (tertiary/aromatic N) is 2. The largest absolute Gasteiger partial charge is 0.489 e. The summed E-state index contributed by atoms with van der Waals surface area (Å²) >= 11 is 3.63. The average molecular weight is 397 g/mol. The molecule has 2 rings (SSSR count). The van der Waals surface area contributed by atoms with Gasteiger partial charge in [-0.1, -0.05) is 32.3 Å². The first-order chi connectivity index (χ1) is 10.8. The van der Waals surface area contributed by atoms with Crippen molar-refractivity contribution < 1.29 is 9.47 Å². The lowest BCUT2D eigenvalue weighted by Crippen LogP contribution is -2.22. The first-order valence-corrected chi connectivity index (χ1v) is 12.3. The summed E-state index contributed by atoms with van der Waals surface area (Å²) in [6.07, 6.45) is 3.62. The summed E-state index contributed by atoms with van der Waals surface area (Å²) in [5.74, 6) is 0.850. The lowest BCUT2D eigenvalue weighted by molar-refractivity contribution is 0.0816. The van der Waals surface area contributed by atoms with Gasteiger partial charge in [-0.15, -0.1) is 0 Å². The number of hydrogen-bond donors (Lipinski definition) is 0. The van der Waals surface area contributed by atoms with Crippen molar-refractivity contribution in [1.29, 1.82) is 0 Å². The van der Waals surface area contributed by atoms with E-state index in [2.05, 4.69) is 47.2 Å². The predicted octanol–water partition coefficient (Wildman–Crippen LogP) is 4.98. The van der Waals surface area contributed by atoms with Gasteiger partial charge >= 0.3 is 0 Å². The van der Waals surface area contributed by atoms with Crippen LogP contribution in [0.25, 0.3) is 10.9 Å². The quantitative estimate of drug-likeness (QED) is 0.358. The van der Waals surface area contributed by atoms with Crippen LogP contribution in [0.1, 0.15) is 5.56 Å². The fraction of sp³-hybridized carbons (Fsp3) is 0.471. The Kier molecular flexibility index (Phi) is 6.05. The Morgan fingerprint density at radius 1 is 1.39 bits per heavy atom. The molecule has 1 aromatic carbocycles. The van der Waals surface area contributed by atoms with Gasteiger partial charge in [-0.2, -0.15) is 5.10 Å². The second-order valence-corrected chi connectivity index (χ2v) is 13.3. The van der Waals surface area contributed by atoms with Crippen LogP contribution in [-0.2, 0) is 11.5 Å². The van der Waals surface area contributed by atoms with Gasteiger partial charge in [0.15, 0.2) is 0 Å². The molecule has 0 atom stereocenters. The summed E-state index contributed by atoms with van der Waals surface area (Å²) in [6, 6.07) is 3.15. The van der Waals surface area contributed by atoms with Crippen molar-refractivity contribution in [2.45, 2.75) is 39.3 Å². The van der Waals surface area contributed by atoms with Crippen LogP contribution >= 0.6 is 15.9 Å². The molecule has 0 saturated carbocycles. The van der Waals surface area contributed by atoms with E-state index < -0.39 is 8.07 Å². The topological polar surface area (TPSA) is 36.3 Å². The monoisotopic (exact) mass is 396 g/mol. The van der Waals surface area contributed by atoms with Crippen molar-refractivity contribution in [1.82, 2.24) is 9.78 Å². The van der Waals surface area contributed by atoms with Crippen molar-refractivity contribution in [2.24, 2.45) is 0 Å². The van der Waals surface area contributed by atoms with E-state index >= 15 is 0 Å². The molecule has 0 saturated heterocycles. The molecule has 0 radical (unpaired) electrons. The van der Waals surface area contributed by atoms with Gasteiger partial charge in [-0.25, -0.2) is 4.68 Å². The molecule has 2 aromatic rings. The highest BCUT2D eigenvalue weighted by molar-refractivity contribution is 9.10. The Labute approximate surface area is 147 Å². The average Bonchev–Trinajstić information content (AvgIpc) is 2.89. The van der Waals surface area contributed by atoms with E-state index in [0.717, 1.165) is 39.3 Å². The van der Waals surface area contributed by atoms with E-state index in [-0.39, 0.29) is 0 Å². The standard InChI is InChI=1S/C17H25BrN2O2Si/c1-6-7-22-16-10-15(18)17-14(13(16)2)11-19-20(17)12-21-8-9-23(3,4)5/h6,10-11H,1,7-9,12H2,2-5H3. The highest BCUT2D eigenvalue weighted by atomic mass is 79.9. The second-order valence-electron chi connectivity index (χ2n) is 6.84. The molecular weight excluding hydrogens is 372 g/mol. The van der Waals surface area contributed by atoms with Crippen LogP contribution in [0.15, 0.2) is 29.4 Å². The molecule has 6 heteroatoms. The molecule has 0 fully saturated rings. The van der Waals surface area contributed by atoms with Gasteiger partial charge in [-0.3, -0.25) is 0 Å². The molecule has 4 nitrogen and oxygen atoms in total. The van der Waals surface area contributed by atoms with Crippen LogP contribution in [0, 0.1) is 6.92 Å². The van der Waals surface area contributed by atoms with Gasteiger partial charge in [0.25, 0.3) is 0 Å². The van der Waals surface area contributed by atoms with E-state index in [1.165, 1.54) is 0 Å². The Bertz CT molecular complexity index is 692. The molecule has 23 heavy (non-hydrogen) atoms. The number of rotatable bonds is 8. The number of aryl methyl sites for hydroxylation is 1. The fourth-order valence-corrected chi connectivity index (χ4v) is 3.64. The van der Waals surface area contributed by atoms with Gasteiger partial charge in [0.05, 0.1) is 11.7 Å². The van der Waals surface area contributed by atoms with Gasteiger partial charge in [0.2, 0.25) is 0 Å². The van der Waals surface area contributed by atoms with Crippen LogP contribution in [0.2, 0.25) is 25.7 Å². The SMILES string of the molecule is C=CCOc1cc(Br)c2c(cnn2COCC[Si](C)(C)C)c1C. The van der Waals surface area contributed by atoms with Crippen LogP contribution in [0.3, 0.4) is 0 Å².